The second-order valence-electron chi connectivity index (χ2n) is 3.11. The maximum atomic E-state index is 11.1. The Bertz CT molecular complexity index is 374. The lowest BCUT2D eigenvalue weighted by molar-refractivity contribution is 0.678. The molecule has 1 aromatic heterocycles. The van der Waals surface area contributed by atoms with Crippen LogP contribution in [0.15, 0.2) is 10.7 Å². The van der Waals surface area contributed by atoms with Crippen LogP contribution in [0.2, 0.25) is 0 Å². The Morgan fingerprint density at radius 2 is 2.40 bits per heavy atom. The lowest BCUT2D eigenvalue weighted by Crippen LogP contribution is -2.21. The quantitative estimate of drug-likeness (QED) is 0.865. The summed E-state index contributed by atoms with van der Waals surface area (Å²) in [7, 11) is -0.848. The second kappa shape index (κ2) is 5.41. The molecule has 0 bridgehead atoms. The summed E-state index contributed by atoms with van der Waals surface area (Å²) in [5.74, 6) is 0.839. The van der Waals surface area contributed by atoms with Crippen LogP contribution in [0.5, 0.6) is 0 Å². The third kappa shape index (κ3) is 3.75. The van der Waals surface area contributed by atoms with E-state index in [2.05, 4.69) is 31.2 Å². The first-order valence-corrected chi connectivity index (χ1v) is 6.76. The normalized spacial score (nSPS) is 14.6. The van der Waals surface area contributed by atoms with Crippen LogP contribution in [0, 0.1) is 0 Å². The van der Waals surface area contributed by atoms with Gasteiger partial charge in [0.2, 0.25) is 5.95 Å². The molecule has 0 fully saturated rings. The van der Waals surface area contributed by atoms with Gasteiger partial charge in [0.1, 0.15) is 5.82 Å². The van der Waals surface area contributed by atoms with E-state index in [-0.39, 0.29) is 11.2 Å². The fourth-order valence-corrected chi connectivity index (χ4v) is 1.51. The highest BCUT2D eigenvalue weighted by Crippen LogP contribution is 2.19. The van der Waals surface area contributed by atoms with Gasteiger partial charge < -0.3 is 11.1 Å². The van der Waals surface area contributed by atoms with E-state index in [0.29, 0.717) is 12.4 Å². The zero-order chi connectivity index (χ0) is 11.4. The molecule has 2 atom stereocenters. The van der Waals surface area contributed by atoms with Crippen LogP contribution >= 0.6 is 15.9 Å². The Kier molecular flexibility index (Phi) is 4.46. The average molecular weight is 293 g/mol. The van der Waals surface area contributed by atoms with Crippen LogP contribution in [-0.2, 0) is 10.8 Å². The SMILES string of the molecule is CC(CNc1nc(N)ncc1Br)S(C)=O. The summed E-state index contributed by atoms with van der Waals surface area (Å²) in [6.07, 6.45) is 3.26. The molecule has 1 heterocycles. The minimum absolute atomic E-state index is 0.0630. The van der Waals surface area contributed by atoms with Crippen LogP contribution in [-0.4, -0.2) is 32.2 Å². The number of nitrogens with zero attached hydrogens (tertiary/aromatic N) is 2. The van der Waals surface area contributed by atoms with Crippen LogP contribution in [0.25, 0.3) is 0 Å². The van der Waals surface area contributed by atoms with E-state index in [0.717, 1.165) is 4.47 Å². The maximum absolute atomic E-state index is 11.1. The number of nitrogens with one attached hydrogen (secondary N) is 1. The molecule has 0 spiro atoms. The largest absolute Gasteiger partial charge is 0.368 e. The third-order valence-corrected chi connectivity index (χ3v) is 3.77. The zero-order valence-corrected chi connectivity index (χ0v) is 10.9. The number of halogens is 1. The van der Waals surface area contributed by atoms with Gasteiger partial charge in [-0.3, -0.25) is 4.21 Å². The summed E-state index contributed by atoms with van der Waals surface area (Å²) in [5, 5.41) is 3.13. The van der Waals surface area contributed by atoms with Gasteiger partial charge >= 0.3 is 0 Å². The van der Waals surface area contributed by atoms with Crippen LogP contribution in [0.3, 0.4) is 0 Å². The number of nitrogens with two attached hydrogens (primary N) is 1. The molecule has 0 aliphatic rings. The number of anilines is 2. The highest BCUT2D eigenvalue weighted by atomic mass is 79.9. The van der Waals surface area contributed by atoms with Gasteiger partial charge in [-0.1, -0.05) is 0 Å². The van der Waals surface area contributed by atoms with Crippen molar-refractivity contribution in [3.8, 4) is 0 Å². The molecule has 0 saturated carbocycles. The first-order valence-electron chi connectivity index (χ1n) is 4.35. The number of nitrogen functional groups attached to an aromatic ring is 1. The molecule has 0 radical (unpaired) electrons. The molecule has 2 unspecified atom stereocenters. The molecule has 0 aliphatic carbocycles. The predicted octanol–water partition coefficient (Wildman–Crippen LogP) is 1.00. The van der Waals surface area contributed by atoms with E-state index in [1.807, 2.05) is 6.92 Å². The minimum atomic E-state index is -0.848. The Morgan fingerprint density at radius 1 is 1.73 bits per heavy atom. The third-order valence-electron chi connectivity index (χ3n) is 1.89. The van der Waals surface area contributed by atoms with E-state index >= 15 is 0 Å². The molecule has 7 heteroatoms. The first kappa shape index (κ1) is 12.4. The summed E-state index contributed by atoms with van der Waals surface area (Å²) < 4.78 is 11.9. The van der Waals surface area contributed by atoms with Gasteiger partial charge in [0.15, 0.2) is 0 Å². The fraction of sp³-hybridized carbons (Fsp3) is 0.500. The van der Waals surface area contributed by atoms with Crippen molar-refractivity contribution in [2.45, 2.75) is 12.2 Å². The van der Waals surface area contributed by atoms with Crippen molar-refractivity contribution in [1.29, 1.82) is 0 Å². The van der Waals surface area contributed by atoms with E-state index in [1.54, 1.807) is 12.5 Å². The van der Waals surface area contributed by atoms with Crippen molar-refractivity contribution in [3.05, 3.63) is 10.7 Å². The van der Waals surface area contributed by atoms with Gasteiger partial charge in [0, 0.05) is 35.0 Å². The van der Waals surface area contributed by atoms with Crippen LogP contribution in [0.4, 0.5) is 11.8 Å². The average Bonchev–Trinajstić information content (AvgIpc) is 2.18. The van der Waals surface area contributed by atoms with Gasteiger partial charge in [-0.15, -0.1) is 0 Å². The van der Waals surface area contributed by atoms with Crippen molar-refractivity contribution in [2.24, 2.45) is 0 Å². The predicted molar refractivity (Wildman–Crippen MR) is 66.2 cm³/mol. The Hall–Kier alpha value is -0.690. The summed E-state index contributed by atoms with van der Waals surface area (Å²) in [6.45, 7) is 2.49. The highest BCUT2D eigenvalue weighted by molar-refractivity contribution is 9.10. The lowest BCUT2D eigenvalue weighted by atomic mass is 10.4. The molecule has 15 heavy (non-hydrogen) atoms. The Morgan fingerprint density at radius 3 is 3.00 bits per heavy atom. The fourth-order valence-electron chi connectivity index (χ4n) is 0.862. The highest BCUT2D eigenvalue weighted by Gasteiger charge is 2.08. The summed E-state index contributed by atoms with van der Waals surface area (Å²) in [4.78, 5) is 7.84. The van der Waals surface area contributed by atoms with Crippen LogP contribution < -0.4 is 11.1 Å². The first-order chi connectivity index (χ1) is 7.00. The number of rotatable bonds is 4. The standard InChI is InChI=1S/C8H13BrN4OS/c1-5(15(2)14)3-11-7-6(9)4-12-8(10)13-7/h4-5H,3H2,1-2H3,(H3,10,11,12,13). The number of aromatic nitrogens is 2. The van der Waals surface area contributed by atoms with Gasteiger partial charge in [0.05, 0.1) is 4.47 Å². The van der Waals surface area contributed by atoms with E-state index in [9.17, 15) is 4.21 Å². The van der Waals surface area contributed by atoms with Crippen molar-refractivity contribution in [2.75, 3.05) is 23.9 Å². The Balaban J connectivity index is 2.65. The molecule has 1 aromatic rings. The molecular formula is C8H13BrN4OS. The zero-order valence-electron chi connectivity index (χ0n) is 8.53. The molecule has 5 nitrogen and oxygen atoms in total. The van der Waals surface area contributed by atoms with E-state index in [1.165, 1.54) is 0 Å². The van der Waals surface area contributed by atoms with E-state index in [4.69, 9.17) is 5.73 Å². The molecule has 0 aliphatic heterocycles. The monoisotopic (exact) mass is 292 g/mol. The van der Waals surface area contributed by atoms with Gasteiger partial charge in [0.25, 0.3) is 0 Å². The number of hydrogen-bond donors (Lipinski definition) is 2. The molecule has 84 valence electrons. The minimum Gasteiger partial charge on any atom is -0.368 e. The molecular weight excluding hydrogens is 280 g/mol. The maximum Gasteiger partial charge on any atom is 0.221 e. The lowest BCUT2D eigenvalue weighted by Gasteiger charge is -2.11. The summed E-state index contributed by atoms with van der Waals surface area (Å²) >= 11 is 3.30. The molecule has 0 amide bonds. The van der Waals surface area contributed by atoms with Crippen molar-refractivity contribution in [3.63, 3.8) is 0 Å². The van der Waals surface area contributed by atoms with Crippen molar-refractivity contribution in [1.82, 2.24) is 9.97 Å². The molecule has 0 saturated heterocycles. The molecule has 3 N–H and O–H groups in total. The summed E-state index contributed by atoms with van der Waals surface area (Å²) in [5.41, 5.74) is 5.45. The van der Waals surface area contributed by atoms with Crippen molar-refractivity contribution >= 4 is 38.5 Å². The van der Waals surface area contributed by atoms with E-state index < -0.39 is 10.8 Å². The smallest absolute Gasteiger partial charge is 0.221 e. The van der Waals surface area contributed by atoms with Gasteiger partial charge in [-0.05, 0) is 22.9 Å². The van der Waals surface area contributed by atoms with Crippen molar-refractivity contribution < 1.29 is 4.21 Å². The topological polar surface area (TPSA) is 80.9 Å². The molecule has 1 rings (SSSR count). The summed E-state index contributed by atoms with van der Waals surface area (Å²) in [6, 6.07) is 0. The van der Waals surface area contributed by atoms with Gasteiger partial charge in [-0.2, -0.15) is 4.98 Å². The van der Waals surface area contributed by atoms with Crippen LogP contribution in [0.1, 0.15) is 6.92 Å². The second-order valence-corrected chi connectivity index (χ2v) is 5.77. The number of hydrogen-bond acceptors (Lipinski definition) is 5. The Labute approximate surface area is 99.5 Å². The van der Waals surface area contributed by atoms with Gasteiger partial charge in [-0.25, -0.2) is 4.98 Å². The molecule has 0 aromatic carbocycles.